The maximum absolute atomic E-state index is 4.98. The van der Waals surface area contributed by atoms with Gasteiger partial charge in [-0.2, -0.15) is 5.10 Å². The van der Waals surface area contributed by atoms with Crippen molar-refractivity contribution in [2.45, 2.75) is 0 Å². The summed E-state index contributed by atoms with van der Waals surface area (Å²) in [5.41, 5.74) is 1.75. The number of nitrogens with one attached hydrogen (secondary N) is 1. The van der Waals surface area contributed by atoms with Crippen LogP contribution in [0.1, 0.15) is 0 Å². The summed E-state index contributed by atoms with van der Waals surface area (Å²) in [5, 5.41) is 6.64. The molecular formula is C7H7N3O. The Morgan fingerprint density at radius 1 is 1.45 bits per heavy atom. The fraction of sp³-hybridized carbons (Fsp3) is 0.143. The van der Waals surface area contributed by atoms with E-state index in [0.29, 0.717) is 0 Å². The van der Waals surface area contributed by atoms with E-state index in [-0.39, 0.29) is 0 Å². The molecule has 0 saturated carbocycles. The molecule has 0 amide bonds. The predicted molar refractivity (Wildman–Crippen MR) is 40.4 cm³/mol. The van der Waals surface area contributed by atoms with Crippen molar-refractivity contribution < 1.29 is 4.74 Å². The van der Waals surface area contributed by atoms with Gasteiger partial charge in [-0.05, 0) is 0 Å². The normalized spacial score (nSPS) is 10.3. The van der Waals surface area contributed by atoms with Crippen molar-refractivity contribution in [3.05, 3.63) is 18.5 Å². The molecule has 0 aromatic carbocycles. The number of nitrogens with zero attached hydrogens (tertiary/aromatic N) is 2. The van der Waals surface area contributed by atoms with E-state index in [4.69, 9.17) is 4.74 Å². The standard InChI is InChI=1S/C7H7N3O/c1-11-5-2-6-7(8-3-5)4-9-10-6/h2-4H,1H3,(H,9,10). The van der Waals surface area contributed by atoms with Crippen LogP contribution in [0.5, 0.6) is 5.75 Å². The Balaban J connectivity index is 2.67. The lowest BCUT2D eigenvalue weighted by Gasteiger charge is -1.95. The molecule has 11 heavy (non-hydrogen) atoms. The molecule has 0 atom stereocenters. The van der Waals surface area contributed by atoms with Crippen LogP contribution < -0.4 is 4.74 Å². The lowest BCUT2D eigenvalue weighted by Crippen LogP contribution is -1.83. The Bertz CT molecular complexity index is 368. The summed E-state index contributed by atoms with van der Waals surface area (Å²) in [7, 11) is 1.61. The number of ether oxygens (including phenoxy) is 1. The molecule has 4 heteroatoms. The van der Waals surface area contributed by atoms with Crippen molar-refractivity contribution in [2.24, 2.45) is 0 Å². The first-order valence-electron chi connectivity index (χ1n) is 3.23. The summed E-state index contributed by atoms with van der Waals surface area (Å²) in [6.07, 6.45) is 3.34. The lowest BCUT2D eigenvalue weighted by atomic mass is 10.4. The minimum atomic E-state index is 0.738. The Kier molecular flexibility index (Phi) is 1.25. The van der Waals surface area contributed by atoms with Gasteiger partial charge in [0.2, 0.25) is 0 Å². The molecule has 0 saturated heterocycles. The fourth-order valence-corrected chi connectivity index (χ4v) is 0.923. The molecule has 4 nitrogen and oxygen atoms in total. The monoisotopic (exact) mass is 149 g/mol. The van der Waals surface area contributed by atoms with Gasteiger partial charge in [-0.25, -0.2) is 4.98 Å². The van der Waals surface area contributed by atoms with E-state index in [1.54, 1.807) is 19.5 Å². The number of aromatic nitrogens is 3. The van der Waals surface area contributed by atoms with Crippen LogP contribution >= 0.6 is 0 Å². The Labute approximate surface area is 63.2 Å². The van der Waals surface area contributed by atoms with Crippen molar-refractivity contribution >= 4 is 11.0 Å². The van der Waals surface area contributed by atoms with Gasteiger partial charge in [0.1, 0.15) is 11.3 Å². The third kappa shape index (κ3) is 0.920. The Morgan fingerprint density at radius 2 is 2.36 bits per heavy atom. The number of H-pyrrole nitrogens is 1. The van der Waals surface area contributed by atoms with Gasteiger partial charge in [0.05, 0.1) is 25.0 Å². The van der Waals surface area contributed by atoms with Crippen molar-refractivity contribution in [1.29, 1.82) is 0 Å². The first kappa shape index (κ1) is 6.15. The Morgan fingerprint density at radius 3 is 3.18 bits per heavy atom. The maximum Gasteiger partial charge on any atom is 0.139 e. The average Bonchev–Trinajstić information content (AvgIpc) is 2.50. The molecule has 2 rings (SSSR count). The molecule has 1 N–H and O–H groups in total. The summed E-state index contributed by atoms with van der Waals surface area (Å²) < 4.78 is 4.98. The molecule has 2 aromatic heterocycles. The van der Waals surface area contributed by atoms with Crippen LogP contribution in [0, 0.1) is 0 Å². The third-order valence-electron chi connectivity index (χ3n) is 1.50. The van der Waals surface area contributed by atoms with Gasteiger partial charge in [0.25, 0.3) is 0 Å². The zero-order valence-electron chi connectivity index (χ0n) is 6.03. The van der Waals surface area contributed by atoms with E-state index in [2.05, 4.69) is 15.2 Å². The van der Waals surface area contributed by atoms with Crippen LogP contribution in [0.25, 0.3) is 11.0 Å². The second-order valence-corrected chi connectivity index (χ2v) is 2.18. The van der Waals surface area contributed by atoms with Crippen molar-refractivity contribution in [2.75, 3.05) is 7.11 Å². The minimum Gasteiger partial charge on any atom is -0.495 e. The largest absolute Gasteiger partial charge is 0.495 e. The van der Waals surface area contributed by atoms with Gasteiger partial charge < -0.3 is 4.74 Å². The van der Waals surface area contributed by atoms with Gasteiger partial charge >= 0.3 is 0 Å². The van der Waals surface area contributed by atoms with Gasteiger partial charge in [-0.15, -0.1) is 0 Å². The highest BCUT2D eigenvalue weighted by molar-refractivity contribution is 5.74. The lowest BCUT2D eigenvalue weighted by molar-refractivity contribution is 0.413. The van der Waals surface area contributed by atoms with Crippen LogP contribution in [0.3, 0.4) is 0 Å². The van der Waals surface area contributed by atoms with E-state index < -0.39 is 0 Å². The second-order valence-electron chi connectivity index (χ2n) is 2.18. The number of pyridine rings is 1. The van der Waals surface area contributed by atoms with E-state index >= 15 is 0 Å². The maximum atomic E-state index is 4.98. The predicted octanol–water partition coefficient (Wildman–Crippen LogP) is 0.966. The molecule has 0 fully saturated rings. The molecule has 0 radical (unpaired) electrons. The summed E-state index contributed by atoms with van der Waals surface area (Å²) in [6.45, 7) is 0. The molecule has 0 bridgehead atoms. The molecule has 0 aliphatic rings. The number of rotatable bonds is 1. The number of aromatic amines is 1. The van der Waals surface area contributed by atoms with Gasteiger partial charge in [-0.3, -0.25) is 5.10 Å². The molecule has 2 aromatic rings. The van der Waals surface area contributed by atoms with E-state index in [1.807, 2.05) is 6.07 Å². The van der Waals surface area contributed by atoms with E-state index in [1.165, 1.54) is 0 Å². The van der Waals surface area contributed by atoms with Crippen molar-refractivity contribution in [3.8, 4) is 5.75 Å². The SMILES string of the molecule is COc1cnc2cn[nH]c2c1. The minimum absolute atomic E-state index is 0.738. The number of methoxy groups -OCH3 is 1. The number of hydrogen-bond acceptors (Lipinski definition) is 3. The summed E-state index contributed by atoms with van der Waals surface area (Å²) in [4.78, 5) is 4.09. The van der Waals surface area contributed by atoms with E-state index in [0.717, 1.165) is 16.8 Å². The Hall–Kier alpha value is -1.58. The summed E-state index contributed by atoms with van der Waals surface area (Å²) >= 11 is 0. The molecule has 0 spiro atoms. The number of fused-ring (bicyclic) bond motifs is 1. The van der Waals surface area contributed by atoms with Gasteiger partial charge in [-0.1, -0.05) is 0 Å². The van der Waals surface area contributed by atoms with Crippen molar-refractivity contribution in [3.63, 3.8) is 0 Å². The highest BCUT2D eigenvalue weighted by Crippen LogP contribution is 2.14. The average molecular weight is 149 g/mol. The summed E-state index contributed by atoms with van der Waals surface area (Å²) in [6, 6.07) is 1.86. The molecule has 2 heterocycles. The van der Waals surface area contributed by atoms with E-state index in [9.17, 15) is 0 Å². The van der Waals surface area contributed by atoms with Crippen LogP contribution in [0.15, 0.2) is 18.5 Å². The van der Waals surface area contributed by atoms with Crippen LogP contribution in [-0.4, -0.2) is 22.3 Å². The third-order valence-corrected chi connectivity index (χ3v) is 1.50. The van der Waals surface area contributed by atoms with Gasteiger partial charge in [0, 0.05) is 6.07 Å². The topological polar surface area (TPSA) is 50.8 Å². The zero-order chi connectivity index (χ0) is 7.68. The highest BCUT2D eigenvalue weighted by Gasteiger charge is 1.97. The van der Waals surface area contributed by atoms with Crippen LogP contribution in [0.4, 0.5) is 0 Å². The molecule has 0 aliphatic heterocycles. The quantitative estimate of drug-likeness (QED) is 0.657. The number of hydrogen-bond donors (Lipinski definition) is 1. The first-order valence-corrected chi connectivity index (χ1v) is 3.23. The smallest absolute Gasteiger partial charge is 0.139 e. The summed E-state index contributed by atoms with van der Waals surface area (Å²) in [5.74, 6) is 0.738. The van der Waals surface area contributed by atoms with Crippen molar-refractivity contribution in [1.82, 2.24) is 15.2 Å². The first-order chi connectivity index (χ1) is 5.40. The fourth-order valence-electron chi connectivity index (χ4n) is 0.923. The molecule has 0 aliphatic carbocycles. The highest BCUT2D eigenvalue weighted by atomic mass is 16.5. The second kappa shape index (κ2) is 2.23. The molecule has 56 valence electrons. The molecule has 0 unspecified atom stereocenters. The van der Waals surface area contributed by atoms with Crippen LogP contribution in [-0.2, 0) is 0 Å². The zero-order valence-corrected chi connectivity index (χ0v) is 6.03. The molecular weight excluding hydrogens is 142 g/mol. The van der Waals surface area contributed by atoms with Gasteiger partial charge in [0.15, 0.2) is 0 Å². The van der Waals surface area contributed by atoms with Crippen LogP contribution in [0.2, 0.25) is 0 Å².